The first-order valence-electron chi connectivity index (χ1n) is 7.68. The average Bonchev–Trinajstić information content (AvgIpc) is 2.67. The van der Waals surface area contributed by atoms with Crippen LogP contribution in [0.4, 0.5) is 10.5 Å². The topological polar surface area (TPSA) is 33.4 Å². The molecule has 0 spiro atoms. The lowest BCUT2D eigenvalue weighted by atomic mass is 10.1. The van der Waals surface area contributed by atoms with Crippen molar-refractivity contribution in [2.75, 3.05) is 19.1 Å². The van der Waals surface area contributed by atoms with Gasteiger partial charge in [0.25, 0.3) is 0 Å². The number of pyridine rings is 1. The van der Waals surface area contributed by atoms with Gasteiger partial charge in [0.1, 0.15) is 17.6 Å². The van der Waals surface area contributed by atoms with Crippen LogP contribution < -0.4 is 14.2 Å². The van der Waals surface area contributed by atoms with Gasteiger partial charge in [-0.3, -0.25) is 0 Å². The molecule has 0 bridgehead atoms. The molecule has 2 aromatic carbocycles. The Balaban J connectivity index is 1.86. The van der Waals surface area contributed by atoms with Crippen molar-refractivity contribution in [2.45, 2.75) is 0 Å². The second-order valence-corrected chi connectivity index (χ2v) is 5.41. The van der Waals surface area contributed by atoms with Gasteiger partial charge in [-0.05, 0) is 42.0 Å². The molecule has 24 heavy (non-hydrogen) atoms. The highest BCUT2D eigenvalue weighted by Gasteiger charge is 2.22. The van der Waals surface area contributed by atoms with Crippen LogP contribution in [-0.4, -0.2) is 20.2 Å². The molecule has 0 fully saturated rings. The molecule has 0 radical (unpaired) electrons. The van der Waals surface area contributed by atoms with Crippen LogP contribution >= 0.6 is 0 Å². The van der Waals surface area contributed by atoms with Gasteiger partial charge in [-0.1, -0.05) is 30.3 Å². The zero-order valence-corrected chi connectivity index (χ0v) is 13.7. The molecule has 120 valence electrons. The number of nitrogens with zero attached hydrogens (tertiary/aromatic N) is 2. The molecule has 1 aromatic heterocycles. The van der Waals surface area contributed by atoms with E-state index in [0.717, 1.165) is 22.6 Å². The summed E-state index contributed by atoms with van der Waals surface area (Å²) in [5.41, 5.74) is 2.87. The number of hydrogen-bond acceptors (Lipinski definition) is 2. The summed E-state index contributed by atoms with van der Waals surface area (Å²) in [6, 6.07) is 21.1. The highest BCUT2D eigenvalue weighted by Crippen LogP contribution is 2.19. The second-order valence-electron chi connectivity index (χ2n) is 5.41. The number of hydrogen-bond donors (Lipinski definition) is 0. The van der Waals surface area contributed by atoms with Crippen molar-refractivity contribution >= 4 is 11.7 Å². The highest BCUT2D eigenvalue weighted by atomic mass is 16.5. The van der Waals surface area contributed by atoms with E-state index in [9.17, 15) is 4.79 Å². The minimum atomic E-state index is -0.127. The van der Waals surface area contributed by atoms with Crippen LogP contribution in [0.1, 0.15) is 0 Å². The standard InChI is InChI=1S/C20H19N2O2/c1-21(18-10-12-19(24-2)13-11-18)20(23)22-14-6-9-17(15-22)16-7-4-3-5-8-16/h3-15H,1-2H3/q+1. The third-order valence-electron chi connectivity index (χ3n) is 3.88. The molecule has 0 aliphatic heterocycles. The third-order valence-corrected chi connectivity index (χ3v) is 3.88. The van der Waals surface area contributed by atoms with E-state index in [0.29, 0.717) is 0 Å². The number of carbonyl (C=O) groups excluding carboxylic acids is 1. The van der Waals surface area contributed by atoms with Crippen LogP contribution in [0.3, 0.4) is 0 Å². The number of rotatable bonds is 3. The largest absolute Gasteiger partial charge is 0.502 e. The van der Waals surface area contributed by atoms with E-state index in [1.54, 1.807) is 29.8 Å². The van der Waals surface area contributed by atoms with Crippen molar-refractivity contribution in [1.82, 2.24) is 0 Å². The zero-order chi connectivity index (χ0) is 16.9. The first kappa shape index (κ1) is 15.7. The summed E-state index contributed by atoms with van der Waals surface area (Å²) in [5, 5.41) is 0. The minimum absolute atomic E-state index is 0.127. The molecular formula is C20H19N2O2+. The summed E-state index contributed by atoms with van der Waals surface area (Å²) in [6.45, 7) is 0. The van der Waals surface area contributed by atoms with E-state index in [2.05, 4.69) is 0 Å². The van der Waals surface area contributed by atoms with E-state index >= 15 is 0 Å². The number of anilines is 1. The molecule has 0 aliphatic carbocycles. The fraction of sp³-hybridized carbons (Fsp3) is 0.100. The Morgan fingerprint density at radius 1 is 0.917 bits per heavy atom. The molecule has 4 heteroatoms. The van der Waals surface area contributed by atoms with Gasteiger partial charge in [-0.25, -0.2) is 0 Å². The predicted octanol–water partition coefficient (Wildman–Crippen LogP) is 3.75. The van der Waals surface area contributed by atoms with Gasteiger partial charge in [0.05, 0.1) is 20.4 Å². The van der Waals surface area contributed by atoms with Gasteiger partial charge in [-0.2, -0.15) is 14.3 Å². The molecule has 1 heterocycles. The molecule has 0 atom stereocenters. The fourth-order valence-electron chi connectivity index (χ4n) is 2.49. The summed E-state index contributed by atoms with van der Waals surface area (Å²) >= 11 is 0. The van der Waals surface area contributed by atoms with Crippen molar-refractivity contribution in [3.63, 3.8) is 0 Å². The molecule has 0 unspecified atom stereocenters. The maximum absolute atomic E-state index is 12.7. The Morgan fingerprint density at radius 2 is 1.58 bits per heavy atom. The second kappa shape index (κ2) is 6.96. The van der Waals surface area contributed by atoms with Crippen LogP contribution in [-0.2, 0) is 0 Å². The van der Waals surface area contributed by atoms with Gasteiger partial charge in [0, 0.05) is 5.56 Å². The Kier molecular flexibility index (Phi) is 4.57. The molecular weight excluding hydrogens is 300 g/mol. The zero-order valence-electron chi connectivity index (χ0n) is 13.7. The maximum atomic E-state index is 12.7. The lowest BCUT2D eigenvalue weighted by Gasteiger charge is -2.11. The number of ether oxygens (including phenoxy) is 1. The Hall–Kier alpha value is -3.14. The number of methoxy groups -OCH3 is 1. The van der Waals surface area contributed by atoms with Gasteiger partial charge < -0.3 is 4.74 Å². The summed E-state index contributed by atoms with van der Waals surface area (Å²) in [7, 11) is 3.38. The molecule has 3 aromatic rings. The van der Waals surface area contributed by atoms with Crippen LogP contribution in [0.2, 0.25) is 0 Å². The van der Waals surface area contributed by atoms with Gasteiger partial charge >= 0.3 is 6.03 Å². The number of benzene rings is 2. The number of amides is 1. The number of aromatic nitrogens is 1. The molecule has 1 amide bonds. The Labute approximate surface area is 141 Å². The molecule has 0 saturated carbocycles. The van der Waals surface area contributed by atoms with Crippen LogP contribution in [0.15, 0.2) is 79.1 Å². The van der Waals surface area contributed by atoms with Crippen LogP contribution in [0.25, 0.3) is 11.1 Å². The van der Waals surface area contributed by atoms with Crippen LogP contribution in [0.5, 0.6) is 5.75 Å². The maximum Gasteiger partial charge on any atom is 0.502 e. The van der Waals surface area contributed by atoms with Crippen molar-refractivity contribution in [2.24, 2.45) is 0 Å². The summed E-state index contributed by atoms with van der Waals surface area (Å²) in [5.74, 6) is 0.762. The first-order valence-corrected chi connectivity index (χ1v) is 7.68. The molecule has 0 N–H and O–H groups in total. The quantitative estimate of drug-likeness (QED) is 0.689. The highest BCUT2D eigenvalue weighted by molar-refractivity contribution is 5.85. The number of carbonyl (C=O) groups is 1. The molecule has 4 nitrogen and oxygen atoms in total. The molecule has 3 rings (SSSR count). The van der Waals surface area contributed by atoms with Crippen LogP contribution in [0, 0.1) is 0 Å². The van der Waals surface area contributed by atoms with E-state index in [-0.39, 0.29) is 6.03 Å². The lowest BCUT2D eigenvalue weighted by Crippen LogP contribution is -2.50. The van der Waals surface area contributed by atoms with Crippen molar-refractivity contribution in [3.05, 3.63) is 79.1 Å². The van der Waals surface area contributed by atoms with Gasteiger partial charge in [0.2, 0.25) is 0 Å². The Morgan fingerprint density at radius 3 is 2.25 bits per heavy atom. The van der Waals surface area contributed by atoms with E-state index in [1.807, 2.05) is 72.9 Å². The van der Waals surface area contributed by atoms with Crippen molar-refractivity contribution in [3.8, 4) is 16.9 Å². The minimum Gasteiger partial charge on any atom is -0.497 e. The smallest absolute Gasteiger partial charge is 0.497 e. The van der Waals surface area contributed by atoms with E-state index in [1.165, 1.54) is 0 Å². The summed E-state index contributed by atoms with van der Waals surface area (Å²) < 4.78 is 6.74. The van der Waals surface area contributed by atoms with Crippen molar-refractivity contribution in [1.29, 1.82) is 0 Å². The summed E-state index contributed by atoms with van der Waals surface area (Å²) in [6.07, 6.45) is 3.60. The molecule has 0 aliphatic rings. The first-order chi connectivity index (χ1) is 11.7. The third kappa shape index (κ3) is 3.27. The van der Waals surface area contributed by atoms with Crippen molar-refractivity contribution < 1.29 is 14.1 Å². The lowest BCUT2D eigenvalue weighted by molar-refractivity contribution is -0.569. The monoisotopic (exact) mass is 319 g/mol. The average molecular weight is 319 g/mol. The normalized spacial score (nSPS) is 10.2. The molecule has 0 saturated heterocycles. The fourth-order valence-corrected chi connectivity index (χ4v) is 2.49. The van der Waals surface area contributed by atoms with Gasteiger partial charge in [0.15, 0.2) is 0 Å². The van der Waals surface area contributed by atoms with Gasteiger partial charge in [-0.15, -0.1) is 0 Å². The predicted molar refractivity (Wildman–Crippen MR) is 94.3 cm³/mol. The van der Waals surface area contributed by atoms with E-state index < -0.39 is 0 Å². The Bertz CT molecular complexity index is 830. The summed E-state index contributed by atoms with van der Waals surface area (Å²) in [4.78, 5) is 14.3. The van der Waals surface area contributed by atoms with E-state index in [4.69, 9.17) is 4.74 Å². The SMILES string of the molecule is COc1ccc(N(C)C(=O)[n+]2cccc(-c3ccccc3)c2)cc1.